The lowest BCUT2D eigenvalue weighted by Crippen LogP contribution is -1.70. The van der Waals surface area contributed by atoms with Crippen LogP contribution in [0.3, 0.4) is 0 Å². The van der Waals surface area contributed by atoms with Gasteiger partial charge in [-0.1, -0.05) is 23.8 Å². The van der Waals surface area contributed by atoms with Crippen molar-refractivity contribution in [3.05, 3.63) is 23.8 Å². The second kappa shape index (κ2) is 5.90. The minimum Gasteiger partial charge on any atom is -0.126 e. The molecule has 0 spiro atoms. The molecule has 0 saturated carbocycles. The third kappa shape index (κ3) is 5.64. The molecule has 0 rings (SSSR count). The summed E-state index contributed by atoms with van der Waals surface area (Å²) in [7, 11) is 0. The maximum absolute atomic E-state index is 5.48. The van der Waals surface area contributed by atoms with Gasteiger partial charge in [0.05, 0.1) is 0 Å². The fourth-order valence-electron chi connectivity index (χ4n) is 0.613. The van der Waals surface area contributed by atoms with Crippen LogP contribution in [0.25, 0.3) is 0 Å². The van der Waals surface area contributed by atoms with Crippen molar-refractivity contribution >= 4 is 11.6 Å². The molecule has 0 fully saturated rings. The molecule has 0 aliphatic heterocycles. The molecule has 0 aromatic carbocycles. The van der Waals surface area contributed by atoms with Crippen molar-refractivity contribution in [2.75, 3.05) is 5.88 Å². The molecule has 0 nitrogen and oxygen atoms in total. The molecular weight excluding hydrogens is 132 g/mol. The Morgan fingerprint density at radius 1 is 1.56 bits per heavy atom. The van der Waals surface area contributed by atoms with E-state index in [0.29, 0.717) is 0 Å². The Balaban J connectivity index is 3.55. The highest BCUT2D eigenvalue weighted by molar-refractivity contribution is 6.17. The number of rotatable bonds is 3. The smallest absolute Gasteiger partial charge is 0.0258 e. The monoisotopic (exact) mass is 144 g/mol. The van der Waals surface area contributed by atoms with E-state index < -0.39 is 0 Å². The molecule has 0 N–H and O–H groups in total. The van der Waals surface area contributed by atoms with Crippen LogP contribution in [0, 0.1) is 0 Å². The summed E-state index contributed by atoms with van der Waals surface area (Å²) >= 11 is 5.48. The summed E-state index contributed by atoms with van der Waals surface area (Å²) < 4.78 is 0. The van der Waals surface area contributed by atoms with E-state index >= 15 is 0 Å². The molecule has 0 aliphatic rings. The molecule has 0 unspecified atom stereocenters. The Morgan fingerprint density at radius 3 is 2.67 bits per heavy atom. The standard InChI is InChI=1S/C8H13Cl/c1-3-5-8(2)6-4-7-9/h3,5-6H,4,7H2,1-2H3. The van der Waals surface area contributed by atoms with Gasteiger partial charge in [0.25, 0.3) is 0 Å². The normalized spacial score (nSPS) is 13.0. The van der Waals surface area contributed by atoms with Crippen molar-refractivity contribution in [2.24, 2.45) is 0 Å². The number of hydrogen-bond donors (Lipinski definition) is 0. The lowest BCUT2D eigenvalue weighted by molar-refractivity contribution is 1.21. The molecule has 0 radical (unpaired) electrons. The summed E-state index contributed by atoms with van der Waals surface area (Å²) in [5.74, 6) is 0.717. The molecule has 1 heteroatoms. The zero-order chi connectivity index (χ0) is 7.11. The summed E-state index contributed by atoms with van der Waals surface area (Å²) in [6.07, 6.45) is 7.21. The Bertz CT molecular complexity index is 112. The van der Waals surface area contributed by atoms with E-state index in [4.69, 9.17) is 11.6 Å². The van der Waals surface area contributed by atoms with Crippen LogP contribution >= 0.6 is 11.6 Å². The predicted octanol–water partition coefficient (Wildman–Crippen LogP) is 3.14. The average Bonchev–Trinajstić information content (AvgIpc) is 1.85. The largest absolute Gasteiger partial charge is 0.126 e. The fourth-order valence-corrected chi connectivity index (χ4v) is 0.722. The van der Waals surface area contributed by atoms with Crippen LogP contribution in [0.1, 0.15) is 20.3 Å². The molecule has 0 bridgehead atoms. The second-order valence-corrected chi connectivity index (χ2v) is 2.30. The minimum atomic E-state index is 0.717. The van der Waals surface area contributed by atoms with Crippen LogP contribution in [0.2, 0.25) is 0 Å². The van der Waals surface area contributed by atoms with Gasteiger partial charge in [-0.15, -0.1) is 11.6 Å². The Labute approximate surface area is 62.2 Å². The van der Waals surface area contributed by atoms with E-state index in [2.05, 4.69) is 19.1 Å². The van der Waals surface area contributed by atoms with Gasteiger partial charge in [-0.2, -0.15) is 0 Å². The third-order valence-electron chi connectivity index (χ3n) is 1.00. The lowest BCUT2D eigenvalue weighted by Gasteiger charge is -1.87. The fraction of sp³-hybridized carbons (Fsp3) is 0.500. The quantitative estimate of drug-likeness (QED) is 0.422. The molecule has 0 heterocycles. The number of halogens is 1. The number of alkyl halides is 1. The highest BCUT2D eigenvalue weighted by atomic mass is 35.5. The van der Waals surface area contributed by atoms with Crippen LogP contribution in [-0.2, 0) is 0 Å². The van der Waals surface area contributed by atoms with E-state index in [0.717, 1.165) is 12.3 Å². The number of hydrogen-bond acceptors (Lipinski definition) is 0. The van der Waals surface area contributed by atoms with E-state index in [1.165, 1.54) is 5.57 Å². The van der Waals surface area contributed by atoms with Gasteiger partial charge in [-0.3, -0.25) is 0 Å². The minimum absolute atomic E-state index is 0.717. The first-order valence-electron chi connectivity index (χ1n) is 3.16. The van der Waals surface area contributed by atoms with Crippen molar-refractivity contribution in [1.82, 2.24) is 0 Å². The second-order valence-electron chi connectivity index (χ2n) is 1.93. The molecule has 52 valence electrons. The Kier molecular flexibility index (Phi) is 5.75. The Morgan fingerprint density at radius 2 is 2.22 bits per heavy atom. The molecule has 0 aliphatic carbocycles. The summed E-state index contributed by atoms with van der Waals surface area (Å²) in [5, 5.41) is 0. The van der Waals surface area contributed by atoms with Gasteiger partial charge < -0.3 is 0 Å². The third-order valence-corrected chi connectivity index (χ3v) is 1.22. The van der Waals surface area contributed by atoms with E-state index in [1.54, 1.807) is 0 Å². The first-order chi connectivity index (χ1) is 4.31. The van der Waals surface area contributed by atoms with Crippen LogP contribution in [0.5, 0.6) is 0 Å². The average molecular weight is 145 g/mol. The molecule has 9 heavy (non-hydrogen) atoms. The first-order valence-corrected chi connectivity index (χ1v) is 3.70. The van der Waals surface area contributed by atoms with Crippen LogP contribution in [0.15, 0.2) is 23.8 Å². The van der Waals surface area contributed by atoms with Gasteiger partial charge in [0.15, 0.2) is 0 Å². The van der Waals surface area contributed by atoms with Gasteiger partial charge in [0.2, 0.25) is 0 Å². The van der Waals surface area contributed by atoms with E-state index in [-0.39, 0.29) is 0 Å². The Hall–Kier alpha value is -0.230. The van der Waals surface area contributed by atoms with Crippen molar-refractivity contribution in [2.45, 2.75) is 20.3 Å². The molecule has 0 atom stereocenters. The van der Waals surface area contributed by atoms with Gasteiger partial charge in [0.1, 0.15) is 0 Å². The van der Waals surface area contributed by atoms with Crippen LogP contribution in [-0.4, -0.2) is 5.88 Å². The van der Waals surface area contributed by atoms with Crippen LogP contribution < -0.4 is 0 Å². The first kappa shape index (κ1) is 8.77. The van der Waals surface area contributed by atoms with Gasteiger partial charge >= 0.3 is 0 Å². The summed E-state index contributed by atoms with van der Waals surface area (Å²) in [4.78, 5) is 0. The molecule has 0 aromatic heterocycles. The van der Waals surface area contributed by atoms with Crippen molar-refractivity contribution in [1.29, 1.82) is 0 Å². The van der Waals surface area contributed by atoms with Gasteiger partial charge in [-0.25, -0.2) is 0 Å². The zero-order valence-electron chi connectivity index (χ0n) is 6.02. The van der Waals surface area contributed by atoms with Crippen molar-refractivity contribution in [3.63, 3.8) is 0 Å². The summed E-state index contributed by atoms with van der Waals surface area (Å²) in [6.45, 7) is 4.09. The summed E-state index contributed by atoms with van der Waals surface area (Å²) in [5.41, 5.74) is 1.29. The van der Waals surface area contributed by atoms with Crippen molar-refractivity contribution < 1.29 is 0 Å². The lowest BCUT2D eigenvalue weighted by atomic mass is 10.2. The highest BCUT2D eigenvalue weighted by Crippen LogP contribution is 1.97. The van der Waals surface area contributed by atoms with Crippen LogP contribution in [0.4, 0.5) is 0 Å². The van der Waals surface area contributed by atoms with Crippen molar-refractivity contribution in [3.8, 4) is 0 Å². The number of allylic oxidation sites excluding steroid dienone is 4. The predicted molar refractivity (Wildman–Crippen MR) is 43.9 cm³/mol. The SMILES string of the molecule is CC=CC(C)=CCCCl. The highest BCUT2D eigenvalue weighted by Gasteiger charge is 1.78. The van der Waals surface area contributed by atoms with Gasteiger partial charge in [-0.05, 0) is 20.3 Å². The van der Waals surface area contributed by atoms with E-state index in [1.807, 2.05) is 13.0 Å². The molecular formula is C8H13Cl. The van der Waals surface area contributed by atoms with Gasteiger partial charge in [0, 0.05) is 5.88 Å². The summed E-state index contributed by atoms with van der Waals surface area (Å²) in [6, 6.07) is 0. The molecule has 0 aromatic rings. The molecule has 0 amide bonds. The zero-order valence-corrected chi connectivity index (χ0v) is 6.78. The van der Waals surface area contributed by atoms with E-state index in [9.17, 15) is 0 Å². The molecule has 0 saturated heterocycles. The topological polar surface area (TPSA) is 0 Å². The maximum atomic E-state index is 5.48. The maximum Gasteiger partial charge on any atom is 0.0258 e.